The van der Waals surface area contributed by atoms with E-state index in [-0.39, 0.29) is 18.5 Å². The van der Waals surface area contributed by atoms with Gasteiger partial charge in [0.1, 0.15) is 36.5 Å². The van der Waals surface area contributed by atoms with Gasteiger partial charge in [-0.25, -0.2) is 14.4 Å². The Bertz CT molecular complexity index is 1190. The highest BCUT2D eigenvalue weighted by atomic mass is 19.1. The fraction of sp³-hybridized carbons (Fsp3) is 0.346. The predicted octanol–water partition coefficient (Wildman–Crippen LogP) is 3.03. The van der Waals surface area contributed by atoms with Crippen molar-refractivity contribution in [3.8, 4) is 28.8 Å². The van der Waals surface area contributed by atoms with Crippen LogP contribution in [0.15, 0.2) is 48.7 Å². The van der Waals surface area contributed by atoms with Crippen molar-refractivity contribution < 1.29 is 28.8 Å². The Hall–Kier alpha value is -3.58. The zero-order valence-corrected chi connectivity index (χ0v) is 19.1. The predicted molar refractivity (Wildman–Crippen MR) is 124 cm³/mol. The molecule has 0 aliphatic carbocycles. The zero-order chi connectivity index (χ0) is 24.6. The van der Waals surface area contributed by atoms with Crippen LogP contribution in [0.4, 0.5) is 4.39 Å². The fourth-order valence-electron chi connectivity index (χ4n) is 3.69. The summed E-state index contributed by atoms with van der Waals surface area (Å²) in [6, 6.07) is 13.8. The van der Waals surface area contributed by atoms with Gasteiger partial charge >= 0.3 is 0 Å². The van der Waals surface area contributed by atoms with E-state index in [0.717, 1.165) is 24.0 Å². The summed E-state index contributed by atoms with van der Waals surface area (Å²) >= 11 is 0. The lowest BCUT2D eigenvalue weighted by Crippen LogP contribution is -2.26. The minimum atomic E-state index is -1.09. The molecule has 1 aliphatic heterocycles. The molecule has 1 aromatic heterocycles. The molecule has 0 amide bonds. The maximum atomic E-state index is 14.1. The lowest BCUT2D eigenvalue weighted by molar-refractivity contribution is 0.0254. The first-order valence-corrected chi connectivity index (χ1v) is 11.4. The summed E-state index contributed by atoms with van der Waals surface area (Å²) in [5.41, 5.74) is 2.55. The molecule has 0 spiro atoms. The number of hydrogen-bond donors (Lipinski definition) is 2. The SMILES string of the molecule is N#Cc1cc(-c2ccnc(Cc3ccc(F)c(OCC(O)CO)c3)n2)ccc1OC1CCOCC1. The highest BCUT2D eigenvalue weighted by Gasteiger charge is 2.18. The van der Waals surface area contributed by atoms with E-state index in [2.05, 4.69) is 16.0 Å². The molecule has 35 heavy (non-hydrogen) atoms. The van der Waals surface area contributed by atoms with Crippen molar-refractivity contribution in [3.63, 3.8) is 0 Å². The second-order valence-electron chi connectivity index (χ2n) is 8.20. The summed E-state index contributed by atoms with van der Waals surface area (Å²) in [4.78, 5) is 8.93. The molecule has 1 atom stereocenters. The molecule has 2 aromatic carbocycles. The molecular formula is C26H26FN3O5. The Balaban J connectivity index is 1.50. The lowest BCUT2D eigenvalue weighted by atomic mass is 10.1. The average Bonchev–Trinajstić information content (AvgIpc) is 2.89. The van der Waals surface area contributed by atoms with Crippen LogP contribution in [-0.4, -0.2) is 58.8 Å². The number of ether oxygens (including phenoxy) is 3. The van der Waals surface area contributed by atoms with Gasteiger partial charge in [0.05, 0.1) is 31.1 Å². The van der Waals surface area contributed by atoms with Gasteiger partial charge in [-0.1, -0.05) is 6.07 Å². The average molecular weight is 480 g/mol. The van der Waals surface area contributed by atoms with Crippen molar-refractivity contribution in [3.05, 3.63) is 71.4 Å². The van der Waals surface area contributed by atoms with Crippen LogP contribution in [0.5, 0.6) is 11.5 Å². The van der Waals surface area contributed by atoms with E-state index in [4.69, 9.17) is 19.3 Å². The molecule has 0 saturated carbocycles. The van der Waals surface area contributed by atoms with Gasteiger partial charge < -0.3 is 24.4 Å². The van der Waals surface area contributed by atoms with E-state index in [1.165, 1.54) is 12.1 Å². The Morgan fingerprint density at radius 2 is 1.97 bits per heavy atom. The minimum Gasteiger partial charge on any atom is -0.489 e. The molecule has 1 saturated heterocycles. The van der Waals surface area contributed by atoms with Crippen LogP contribution >= 0.6 is 0 Å². The van der Waals surface area contributed by atoms with Crippen molar-refractivity contribution in [2.24, 2.45) is 0 Å². The monoisotopic (exact) mass is 479 g/mol. The minimum absolute atomic E-state index is 0.0232. The molecule has 1 unspecified atom stereocenters. The van der Waals surface area contributed by atoms with E-state index in [1.54, 1.807) is 30.5 Å². The topological polar surface area (TPSA) is 118 Å². The van der Waals surface area contributed by atoms with E-state index in [0.29, 0.717) is 42.5 Å². The van der Waals surface area contributed by atoms with E-state index in [1.807, 2.05) is 6.07 Å². The molecule has 2 heterocycles. The summed E-state index contributed by atoms with van der Waals surface area (Å²) < 4.78 is 30.7. The number of nitrogens with zero attached hydrogens (tertiary/aromatic N) is 3. The highest BCUT2D eigenvalue weighted by molar-refractivity contribution is 5.64. The third-order valence-electron chi connectivity index (χ3n) is 5.56. The number of hydrogen-bond acceptors (Lipinski definition) is 8. The third-order valence-corrected chi connectivity index (χ3v) is 5.56. The normalized spacial score (nSPS) is 14.8. The Labute approximate surface area is 202 Å². The van der Waals surface area contributed by atoms with Gasteiger partial charge in [0.15, 0.2) is 11.6 Å². The van der Waals surface area contributed by atoms with Crippen molar-refractivity contribution in [1.82, 2.24) is 9.97 Å². The van der Waals surface area contributed by atoms with Gasteiger partial charge in [0, 0.05) is 31.0 Å². The van der Waals surface area contributed by atoms with Crippen LogP contribution < -0.4 is 9.47 Å². The second kappa shape index (κ2) is 11.7. The maximum absolute atomic E-state index is 14.1. The van der Waals surface area contributed by atoms with Gasteiger partial charge in [0.2, 0.25) is 0 Å². The van der Waals surface area contributed by atoms with Gasteiger partial charge in [-0.2, -0.15) is 5.26 Å². The van der Waals surface area contributed by atoms with Crippen LogP contribution in [0.25, 0.3) is 11.3 Å². The van der Waals surface area contributed by atoms with E-state index in [9.17, 15) is 14.8 Å². The maximum Gasteiger partial charge on any atom is 0.165 e. The van der Waals surface area contributed by atoms with E-state index >= 15 is 0 Å². The zero-order valence-electron chi connectivity index (χ0n) is 19.1. The summed E-state index contributed by atoms with van der Waals surface area (Å²) in [5, 5.41) is 28.0. The number of nitriles is 1. The first-order valence-electron chi connectivity index (χ1n) is 11.4. The molecule has 1 fully saturated rings. The molecule has 8 nitrogen and oxygen atoms in total. The third kappa shape index (κ3) is 6.51. The molecule has 4 rings (SSSR count). The molecule has 1 aliphatic rings. The highest BCUT2D eigenvalue weighted by Crippen LogP contribution is 2.28. The number of aliphatic hydroxyl groups excluding tert-OH is 2. The first kappa shape index (κ1) is 24.5. The van der Waals surface area contributed by atoms with Crippen molar-refractivity contribution >= 4 is 0 Å². The van der Waals surface area contributed by atoms with Crippen LogP contribution in [-0.2, 0) is 11.2 Å². The molecule has 2 N–H and O–H groups in total. The van der Waals surface area contributed by atoms with Crippen LogP contribution in [0.3, 0.4) is 0 Å². The number of aliphatic hydroxyl groups is 2. The Morgan fingerprint density at radius 3 is 2.74 bits per heavy atom. The van der Waals surface area contributed by atoms with Crippen molar-refractivity contribution in [2.45, 2.75) is 31.5 Å². The van der Waals surface area contributed by atoms with Crippen molar-refractivity contribution in [1.29, 1.82) is 5.26 Å². The Morgan fingerprint density at radius 1 is 1.14 bits per heavy atom. The number of rotatable bonds is 9. The Kier molecular flexibility index (Phi) is 8.21. The molecular weight excluding hydrogens is 453 g/mol. The van der Waals surface area contributed by atoms with Gasteiger partial charge in [-0.05, 0) is 42.0 Å². The number of halogens is 1. The molecule has 182 valence electrons. The van der Waals surface area contributed by atoms with Gasteiger partial charge in [-0.3, -0.25) is 0 Å². The summed E-state index contributed by atoms with van der Waals surface area (Å²) in [6.45, 7) is 0.609. The van der Waals surface area contributed by atoms with Crippen LogP contribution in [0, 0.1) is 17.1 Å². The van der Waals surface area contributed by atoms with Gasteiger partial charge in [-0.15, -0.1) is 0 Å². The van der Waals surface area contributed by atoms with Crippen LogP contribution in [0.1, 0.15) is 29.8 Å². The number of aromatic nitrogens is 2. The molecule has 3 aromatic rings. The molecule has 0 radical (unpaired) electrons. The van der Waals surface area contributed by atoms with Gasteiger partial charge in [0.25, 0.3) is 0 Å². The van der Waals surface area contributed by atoms with Crippen LogP contribution in [0.2, 0.25) is 0 Å². The summed E-state index contributed by atoms with van der Waals surface area (Å²) in [6.07, 6.45) is 2.48. The van der Waals surface area contributed by atoms with E-state index < -0.39 is 18.5 Å². The lowest BCUT2D eigenvalue weighted by Gasteiger charge is -2.23. The standard InChI is InChI=1S/C26H26FN3O5/c27-22-3-1-17(11-25(22)34-16-20(32)15-31)12-26-29-8-5-23(30-26)18-2-4-24(19(13-18)14-28)35-21-6-9-33-10-7-21/h1-5,8,11,13,20-21,31-32H,6-7,9-10,12,15-16H2. The largest absolute Gasteiger partial charge is 0.489 e. The smallest absolute Gasteiger partial charge is 0.165 e. The molecule has 9 heteroatoms. The van der Waals surface area contributed by atoms with Crippen molar-refractivity contribution in [2.75, 3.05) is 26.4 Å². The fourth-order valence-corrected chi connectivity index (χ4v) is 3.69. The number of benzene rings is 2. The quantitative estimate of drug-likeness (QED) is 0.481. The first-order chi connectivity index (χ1) is 17.1. The second-order valence-corrected chi connectivity index (χ2v) is 8.20. The molecule has 0 bridgehead atoms. The summed E-state index contributed by atoms with van der Waals surface area (Å²) in [7, 11) is 0. The summed E-state index contributed by atoms with van der Waals surface area (Å²) in [5.74, 6) is 0.463.